The zero-order valence-corrected chi connectivity index (χ0v) is 16.6. The van der Waals surface area contributed by atoms with Crippen LogP contribution in [0.25, 0.3) is 0 Å². The van der Waals surface area contributed by atoms with Crippen molar-refractivity contribution in [2.45, 2.75) is 34.3 Å². The Kier molecular flexibility index (Phi) is 15.9. The average molecular weight is 388 g/mol. The average Bonchev–Trinajstić information content (AvgIpc) is 3.27. The fourth-order valence-corrected chi connectivity index (χ4v) is 1.39. The minimum atomic E-state index is -0.153. The first kappa shape index (κ1) is 25.4. The summed E-state index contributed by atoms with van der Waals surface area (Å²) < 4.78 is 9.38. The van der Waals surface area contributed by atoms with Crippen molar-refractivity contribution in [3.63, 3.8) is 0 Å². The molecule has 0 N–H and O–H groups in total. The summed E-state index contributed by atoms with van der Waals surface area (Å²) in [4.78, 5) is 21.3. The molecule has 2 aromatic rings. The summed E-state index contributed by atoms with van der Waals surface area (Å²) >= 11 is 0. The number of carbonyl (C=O) groups excluding carboxylic acids is 2. The van der Waals surface area contributed by atoms with Gasteiger partial charge >= 0.3 is 29.0 Å². The number of rotatable bonds is 4. The van der Waals surface area contributed by atoms with Crippen LogP contribution in [-0.2, 0) is 42.7 Å². The molecule has 4 nitrogen and oxygen atoms in total. The van der Waals surface area contributed by atoms with Gasteiger partial charge in [0, 0.05) is 0 Å². The van der Waals surface area contributed by atoms with Crippen molar-refractivity contribution in [3.8, 4) is 0 Å². The van der Waals surface area contributed by atoms with E-state index in [2.05, 4.69) is 4.74 Å². The Bertz CT molecular complexity index is 511. The van der Waals surface area contributed by atoms with E-state index in [1.165, 1.54) is 7.11 Å². The van der Waals surface area contributed by atoms with Crippen LogP contribution in [0, 0.1) is 11.8 Å². The van der Waals surface area contributed by atoms with Crippen LogP contribution in [0.1, 0.15) is 33.3 Å². The van der Waals surface area contributed by atoms with Gasteiger partial charge < -0.3 is 9.47 Å². The standard InChI is InChI=1S/C10H13O2.C5H10O2.C5H5.Fe/c1-8(2)10(11)12-7-9-5-3-4-6-9;1-4(2)5(6)7-3;1-2-4-5-3-1;/h3-6,8H,7H2,1-2H3;4H,1-3H3;1-5H;/q-1;;-1;+2. The zero-order valence-electron chi connectivity index (χ0n) is 15.5. The van der Waals surface area contributed by atoms with Gasteiger partial charge in [0.2, 0.25) is 0 Å². The third kappa shape index (κ3) is 14.2. The van der Waals surface area contributed by atoms with Crippen molar-refractivity contribution in [1.29, 1.82) is 0 Å². The van der Waals surface area contributed by atoms with Gasteiger partial charge in [-0.25, -0.2) is 24.3 Å². The quantitative estimate of drug-likeness (QED) is 0.445. The van der Waals surface area contributed by atoms with Gasteiger partial charge in [-0.3, -0.25) is 9.59 Å². The van der Waals surface area contributed by atoms with Gasteiger partial charge in [-0.05, 0) is 0 Å². The molecule has 0 aliphatic rings. The monoisotopic (exact) mass is 388 g/mol. The number of ether oxygens (including phenoxy) is 2. The van der Waals surface area contributed by atoms with Crippen LogP contribution in [-0.4, -0.2) is 19.0 Å². The summed E-state index contributed by atoms with van der Waals surface area (Å²) in [5.41, 5.74) is 1.05. The van der Waals surface area contributed by atoms with E-state index in [0.717, 1.165) is 5.56 Å². The molecule has 5 heteroatoms. The molecular weight excluding hydrogens is 360 g/mol. The fraction of sp³-hybridized carbons (Fsp3) is 0.400. The Balaban J connectivity index is 0. The molecule has 0 aromatic heterocycles. The summed E-state index contributed by atoms with van der Waals surface area (Å²) in [5.74, 6) is -0.332. The van der Waals surface area contributed by atoms with Crippen LogP contribution >= 0.6 is 0 Å². The second-order valence-corrected chi connectivity index (χ2v) is 5.70. The van der Waals surface area contributed by atoms with Crippen LogP contribution in [0.3, 0.4) is 0 Å². The number of hydrogen-bond acceptors (Lipinski definition) is 4. The summed E-state index contributed by atoms with van der Waals surface area (Å²) in [7, 11) is 1.39. The van der Waals surface area contributed by atoms with Crippen LogP contribution < -0.4 is 0 Å². The predicted octanol–water partition coefficient (Wildman–Crippen LogP) is 4.32. The maximum absolute atomic E-state index is 11.0. The molecule has 0 bridgehead atoms. The summed E-state index contributed by atoms with van der Waals surface area (Å²) in [6, 6.07) is 17.7. The molecule has 0 saturated heterocycles. The molecular formula is C20H28FeO4. The van der Waals surface area contributed by atoms with Gasteiger partial charge in [0.25, 0.3) is 0 Å². The van der Waals surface area contributed by atoms with Crippen molar-refractivity contribution in [3.05, 3.63) is 60.2 Å². The summed E-state index contributed by atoms with van der Waals surface area (Å²) in [5, 5.41) is 0. The van der Waals surface area contributed by atoms with Gasteiger partial charge in [-0.15, -0.1) is 5.56 Å². The molecule has 2 aromatic carbocycles. The summed E-state index contributed by atoms with van der Waals surface area (Å²) in [6.07, 6.45) is 0. The largest absolute Gasteiger partial charge is 2.00 e. The van der Waals surface area contributed by atoms with E-state index in [1.807, 2.05) is 68.4 Å². The van der Waals surface area contributed by atoms with Crippen LogP contribution in [0.2, 0.25) is 0 Å². The first-order valence-corrected chi connectivity index (χ1v) is 8.00. The van der Waals surface area contributed by atoms with E-state index >= 15 is 0 Å². The molecule has 0 heterocycles. The molecule has 0 aliphatic carbocycles. The molecule has 0 atom stereocenters. The Labute approximate surface area is 161 Å². The number of hydrogen-bond donors (Lipinski definition) is 0. The molecule has 0 amide bonds. The first-order valence-electron chi connectivity index (χ1n) is 8.00. The number of methoxy groups -OCH3 is 1. The van der Waals surface area contributed by atoms with Crippen molar-refractivity contribution >= 4 is 11.9 Å². The van der Waals surface area contributed by atoms with Gasteiger partial charge in [0.05, 0.1) is 25.6 Å². The van der Waals surface area contributed by atoms with E-state index in [9.17, 15) is 9.59 Å². The maximum atomic E-state index is 11.0. The second kappa shape index (κ2) is 15.7. The van der Waals surface area contributed by atoms with Gasteiger partial charge in [-0.1, -0.05) is 27.7 Å². The van der Waals surface area contributed by atoms with E-state index in [0.29, 0.717) is 6.61 Å². The van der Waals surface area contributed by atoms with Crippen LogP contribution in [0.4, 0.5) is 0 Å². The Morgan fingerprint density at radius 1 is 0.960 bits per heavy atom. The minimum absolute atomic E-state index is 0. The molecule has 0 saturated carbocycles. The fourth-order valence-electron chi connectivity index (χ4n) is 1.39. The molecule has 140 valence electrons. The van der Waals surface area contributed by atoms with Gasteiger partial charge in [-0.2, -0.15) is 30.3 Å². The molecule has 25 heavy (non-hydrogen) atoms. The first-order chi connectivity index (χ1) is 11.4. The van der Waals surface area contributed by atoms with Crippen molar-refractivity contribution in [2.24, 2.45) is 11.8 Å². The van der Waals surface area contributed by atoms with Crippen molar-refractivity contribution in [2.75, 3.05) is 7.11 Å². The Morgan fingerprint density at radius 2 is 1.52 bits per heavy atom. The van der Waals surface area contributed by atoms with Gasteiger partial charge in [0.1, 0.15) is 0 Å². The van der Waals surface area contributed by atoms with E-state index in [4.69, 9.17) is 4.74 Å². The maximum Gasteiger partial charge on any atom is 2.00 e. The third-order valence-corrected chi connectivity index (χ3v) is 2.81. The van der Waals surface area contributed by atoms with E-state index in [1.54, 1.807) is 13.8 Å². The number of carbonyl (C=O) groups is 2. The van der Waals surface area contributed by atoms with Crippen molar-refractivity contribution < 1.29 is 36.1 Å². The van der Waals surface area contributed by atoms with Gasteiger partial charge in [0.15, 0.2) is 0 Å². The van der Waals surface area contributed by atoms with E-state index < -0.39 is 0 Å². The second-order valence-electron chi connectivity index (χ2n) is 5.70. The Hall–Kier alpha value is -1.84. The zero-order chi connectivity index (χ0) is 18.4. The molecule has 0 unspecified atom stereocenters. The topological polar surface area (TPSA) is 52.6 Å². The Morgan fingerprint density at radius 3 is 1.80 bits per heavy atom. The summed E-state index contributed by atoms with van der Waals surface area (Å²) in [6.45, 7) is 7.64. The predicted molar refractivity (Wildman–Crippen MR) is 95.6 cm³/mol. The molecule has 0 spiro atoms. The van der Waals surface area contributed by atoms with Crippen LogP contribution in [0.15, 0.2) is 54.6 Å². The van der Waals surface area contributed by atoms with Crippen LogP contribution in [0.5, 0.6) is 0 Å². The smallest absolute Gasteiger partial charge is 0.469 e. The van der Waals surface area contributed by atoms with E-state index in [-0.39, 0.29) is 40.8 Å². The molecule has 0 fully saturated rings. The number of esters is 2. The third-order valence-electron chi connectivity index (χ3n) is 2.81. The normalized spacial score (nSPS) is 9.08. The SMILES string of the molecule is CC(C)C(=O)OCc1ccc[cH-]1.COC(=O)C(C)C.[Fe+2].c1cc[cH-]c1. The minimum Gasteiger partial charge on any atom is -0.469 e. The molecule has 2 rings (SSSR count). The molecule has 0 aliphatic heterocycles. The molecule has 0 radical (unpaired) electrons. The van der Waals surface area contributed by atoms with Crippen molar-refractivity contribution in [1.82, 2.24) is 0 Å².